The first-order chi connectivity index (χ1) is 7.63. The predicted molar refractivity (Wildman–Crippen MR) is 63.7 cm³/mol. The summed E-state index contributed by atoms with van der Waals surface area (Å²) in [5.41, 5.74) is 5.19. The van der Waals surface area contributed by atoms with Crippen LogP contribution in [0.5, 0.6) is 0 Å². The molecule has 0 aliphatic carbocycles. The van der Waals surface area contributed by atoms with Crippen molar-refractivity contribution in [2.75, 3.05) is 0 Å². The molecule has 1 aromatic carbocycles. The van der Waals surface area contributed by atoms with Gasteiger partial charge in [-0.05, 0) is 12.2 Å². The maximum absolute atomic E-state index is 10.5. The molecule has 84 valence electrons. The molecule has 0 radical (unpaired) electrons. The van der Waals surface area contributed by atoms with E-state index in [4.69, 9.17) is 5.84 Å². The first-order valence-electron chi connectivity index (χ1n) is 4.17. The highest BCUT2D eigenvalue weighted by molar-refractivity contribution is 7.80. The number of rotatable bonds is 3. The molecule has 4 N–H and O–H groups in total. The number of hydrogen-bond acceptors (Lipinski definition) is 5. The van der Waals surface area contributed by atoms with Crippen LogP contribution in [0.1, 0.15) is 5.56 Å². The summed E-state index contributed by atoms with van der Waals surface area (Å²) in [5, 5.41) is 14.4. The average molecular weight is 239 g/mol. The molecule has 0 aliphatic rings. The summed E-state index contributed by atoms with van der Waals surface area (Å²) < 4.78 is 0. The Bertz CT molecular complexity index is 434. The van der Waals surface area contributed by atoms with Gasteiger partial charge in [-0.15, -0.1) is 0 Å². The number of hydrogen-bond donors (Lipinski definition) is 3. The van der Waals surface area contributed by atoms with Gasteiger partial charge >= 0.3 is 0 Å². The lowest BCUT2D eigenvalue weighted by Crippen LogP contribution is -2.37. The van der Waals surface area contributed by atoms with E-state index < -0.39 is 4.92 Å². The fourth-order valence-electron chi connectivity index (χ4n) is 0.916. The summed E-state index contributed by atoms with van der Waals surface area (Å²) in [6.45, 7) is 0. The molecular formula is C8H9N5O2S. The Morgan fingerprint density at radius 1 is 1.62 bits per heavy atom. The van der Waals surface area contributed by atoms with Crippen molar-refractivity contribution in [1.29, 1.82) is 0 Å². The zero-order chi connectivity index (χ0) is 12.0. The van der Waals surface area contributed by atoms with Crippen LogP contribution in [0.2, 0.25) is 0 Å². The van der Waals surface area contributed by atoms with Gasteiger partial charge in [0.05, 0.1) is 11.1 Å². The van der Waals surface area contributed by atoms with Crippen LogP contribution in [0.25, 0.3) is 0 Å². The highest BCUT2D eigenvalue weighted by Gasteiger charge is 2.03. The van der Waals surface area contributed by atoms with E-state index in [9.17, 15) is 10.1 Å². The molecule has 0 saturated heterocycles. The van der Waals surface area contributed by atoms with E-state index >= 15 is 0 Å². The molecule has 0 amide bonds. The van der Waals surface area contributed by atoms with Gasteiger partial charge in [-0.1, -0.05) is 12.1 Å². The van der Waals surface area contributed by atoms with Gasteiger partial charge in [-0.25, -0.2) is 5.84 Å². The molecule has 0 heterocycles. The Morgan fingerprint density at radius 2 is 2.38 bits per heavy atom. The van der Waals surface area contributed by atoms with Gasteiger partial charge in [0.25, 0.3) is 5.69 Å². The third kappa shape index (κ3) is 3.59. The number of benzene rings is 1. The minimum Gasteiger partial charge on any atom is -0.300 e. The van der Waals surface area contributed by atoms with E-state index in [1.54, 1.807) is 12.1 Å². The standard InChI is InChI=1S/C8H9N5O2S/c9-11-8(16)12-10-5-6-2-1-3-7(4-6)13(14)15/h1-5H,9H2,(H2,11,12,16)/b10-5+. The van der Waals surface area contributed by atoms with Gasteiger partial charge in [0, 0.05) is 17.7 Å². The number of nitro groups is 1. The van der Waals surface area contributed by atoms with Crippen molar-refractivity contribution in [2.24, 2.45) is 10.9 Å². The van der Waals surface area contributed by atoms with E-state index in [2.05, 4.69) is 28.2 Å². The first-order valence-corrected chi connectivity index (χ1v) is 4.58. The van der Waals surface area contributed by atoms with Crippen LogP contribution in [0, 0.1) is 10.1 Å². The third-order valence-corrected chi connectivity index (χ3v) is 1.80. The summed E-state index contributed by atoms with van der Waals surface area (Å²) in [7, 11) is 0. The number of nitro benzene ring substituents is 1. The molecule has 0 atom stereocenters. The topological polar surface area (TPSA) is 106 Å². The van der Waals surface area contributed by atoms with Crippen molar-refractivity contribution in [3.63, 3.8) is 0 Å². The highest BCUT2D eigenvalue weighted by atomic mass is 32.1. The summed E-state index contributed by atoms with van der Waals surface area (Å²) in [5.74, 6) is 5.00. The van der Waals surface area contributed by atoms with Gasteiger partial charge < -0.3 is 0 Å². The van der Waals surface area contributed by atoms with Crippen LogP contribution < -0.4 is 16.7 Å². The van der Waals surface area contributed by atoms with Gasteiger partial charge in [-0.3, -0.25) is 21.0 Å². The zero-order valence-corrected chi connectivity index (χ0v) is 8.90. The van der Waals surface area contributed by atoms with Crippen LogP contribution in [0.4, 0.5) is 5.69 Å². The second kappa shape index (κ2) is 5.73. The summed E-state index contributed by atoms with van der Waals surface area (Å²) in [4.78, 5) is 10.0. The van der Waals surface area contributed by atoms with Gasteiger partial charge in [0.2, 0.25) is 5.11 Å². The second-order valence-corrected chi connectivity index (χ2v) is 3.10. The van der Waals surface area contributed by atoms with Gasteiger partial charge in [0.1, 0.15) is 0 Å². The minimum absolute atomic E-state index is 0.00322. The van der Waals surface area contributed by atoms with E-state index in [0.717, 1.165) is 0 Å². The minimum atomic E-state index is -0.475. The molecule has 1 rings (SSSR count). The number of nitrogens with two attached hydrogens (primary N) is 1. The Morgan fingerprint density at radius 3 is 3.00 bits per heavy atom. The van der Waals surface area contributed by atoms with Crippen LogP contribution in [0.3, 0.4) is 0 Å². The third-order valence-electron chi connectivity index (χ3n) is 1.59. The van der Waals surface area contributed by atoms with Crippen LogP contribution in [0.15, 0.2) is 29.4 Å². The van der Waals surface area contributed by atoms with Gasteiger partial charge in [-0.2, -0.15) is 5.10 Å². The number of nitrogens with zero attached hydrogens (tertiary/aromatic N) is 2. The quantitative estimate of drug-likeness (QED) is 0.230. The molecule has 0 unspecified atom stereocenters. The van der Waals surface area contributed by atoms with E-state index in [0.29, 0.717) is 5.56 Å². The lowest BCUT2D eigenvalue weighted by molar-refractivity contribution is -0.384. The maximum Gasteiger partial charge on any atom is 0.270 e. The number of hydrazone groups is 1. The summed E-state index contributed by atoms with van der Waals surface area (Å²) in [6, 6.07) is 6.04. The lowest BCUT2D eigenvalue weighted by Gasteiger charge is -1.99. The molecule has 8 heteroatoms. The number of thiocarbonyl (C=S) groups is 1. The monoisotopic (exact) mass is 239 g/mol. The molecule has 0 spiro atoms. The van der Waals surface area contributed by atoms with Crippen molar-refractivity contribution in [2.45, 2.75) is 0 Å². The Balaban J connectivity index is 2.70. The smallest absolute Gasteiger partial charge is 0.270 e. The van der Waals surface area contributed by atoms with E-state index in [1.165, 1.54) is 18.3 Å². The second-order valence-electron chi connectivity index (χ2n) is 2.70. The molecule has 0 bridgehead atoms. The molecule has 7 nitrogen and oxygen atoms in total. The largest absolute Gasteiger partial charge is 0.300 e. The number of hydrazine groups is 1. The zero-order valence-electron chi connectivity index (χ0n) is 8.08. The molecular weight excluding hydrogens is 230 g/mol. The summed E-state index contributed by atoms with van der Waals surface area (Å²) >= 11 is 4.67. The average Bonchev–Trinajstić information content (AvgIpc) is 2.29. The summed E-state index contributed by atoms with van der Waals surface area (Å²) in [6.07, 6.45) is 1.40. The molecule has 0 fully saturated rings. The molecule has 1 aromatic rings. The van der Waals surface area contributed by atoms with Crippen LogP contribution >= 0.6 is 12.2 Å². The SMILES string of the molecule is NNC(=S)N/N=C/c1cccc([N+](=O)[O-])c1. The van der Waals surface area contributed by atoms with E-state index in [1.807, 2.05) is 0 Å². The van der Waals surface area contributed by atoms with Gasteiger partial charge in [0.15, 0.2) is 0 Å². The Labute approximate surface area is 96.4 Å². The van der Waals surface area contributed by atoms with Crippen molar-refractivity contribution < 1.29 is 4.92 Å². The van der Waals surface area contributed by atoms with Crippen molar-refractivity contribution in [3.8, 4) is 0 Å². The molecule has 0 saturated carbocycles. The van der Waals surface area contributed by atoms with Crippen LogP contribution in [-0.2, 0) is 0 Å². The fraction of sp³-hybridized carbons (Fsp3) is 0. The van der Waals surface area contributed by atoms with Crippen molar-refractivity contribution in [1.82, 2.24) is 10.9 Å². The normalized spacial score (nSPS) is 10.1. The molecule has 16 heavy (non-hydrogen) atoms. The van der Waals surface area contributed by atoms with E-state index in [-0.39, 0.29) is 10.8 Å². The Kier molecular flexibility index (Phi) is 4.30. The predicted octanol–water partition coefficient (Wildman–Crippen LogP) is 0.266. The number of nitrogens with one attached hydrogen (secondary N) is 2. The Hall–Kier alpha value is -2.06. The first kappa shape index (κ1) is 12.0. The lowest BCUT2D eigenvalue weighted by atomic mass is 10.2. The number of non-ortho nitro benzene ring substituents is 1. The molecule has 0 aromatic heterocycles. The highest BCUT2D eigenvalue weighted by Crippen LogP contribution is 2.11. The van der Waals surface area contributed by atoms with Crippen molar-refractivity contribution in [3.05, 3.63) is 39.9 Å². The molecule has 0 aliphatic heterocycles. The maximum atomic E-state index is 10.5. The van der Waals surface area contributed by atoms with Crippen LogP contribution in [-0.4, -0.2) is 16.3 Å². The fourth-order valence-corrected chi connectivity index (χ4v) is 0.969. The van der Waals surface area contributed by atoms with Crippen molar-refractivity contribution >= 4 is 29.2 Å².